The summed E-state index contributed by atoms with van der Waals surface area (Å²) in [5.74, 6) is 0. The molecule has 15 heavy (non-hydrogen) atoms. The first-order valence-corrected chi connectivity index (χ1v) is 6.72. The van der Waals surface area contributed by atoms with Gasteiger partial charge in [0.05, 0.1) is 4.90 Å². The van der Waals surface area contributed by atoms with Crippen LogP contribution in [0.15, 0.2) is 28.1 Å². The lowest BCUT2D eigenvalue weighted by Gasteiger charge is -2.17. The fraction of sp³-hybridized carbons (Fsp3) is 0.364. The molecule has 0 radical (unpaired) electrons. The van der Waals surface area contributed by atoms with E-state index < -0.39 is 9.84 Å². The number of benzene rings is 1. The van der Waals surface area contributed by atoms with E-state index in [9.17, 15) is 8.42 Å². The highest BCUT2D eigenvalue weighted by atomic mass is 32.2. The molecule has 0 unspecified atom stereocenters. The summed E-state index contributed by atoms with van der Waals surface area (Å²) < 4.78 is 23.1. The fourth-order valence-electron chi connectivity index (χ4n) is 1.93. The smallest absolute Gasteiger partial charge is 0.175 e. The third-order valence-corrected chi connectivity index (χ3v) is 3.81. The molecule has 1 aliphatic heterocycles. The molecule has 0 aromatic heterocycles. The molecule has 0 saturated carbocycles. The highest BCUT2D eigenvalue weighted by molar-refractivity contribution is 7.90. The molecule has 1 aromatic rings. The molecular weight excluding hydrogens is 210 g/mol. The summed E-state index contributed by atoms with van der Waals surface area (Å²) in [6, 6.07) is 5.38. The second-order valence-electron chi connectivity index (χ2n) is 3.77. The monoisotopic (exact) mass is 223 g/mol. The molecule has 1 aliphatic rings. The quantitative estimate of drug-likeness (QED) is 0.723. The highest BCUT2D eigenvalue weighted by Gasteiger charge is 2.19. The van der Waals surface area contributed by atoms with Gasteiger partial charge in [0, 0.05) is 18.5 Å². The molecule has 0 aliphatic carbocycles. The lowest BCUT2D eigenvalue weighted by Crippen LogP contribution is -2.14. The van der Waals surface area contributed by atoms with Crippen molar-refractivity contribution in [3.05, 3.63) is 29.3 Å². The van der Waals surface area contributed by atoms with E-state index in [1.807, 2.05) is 13.0 Å². The van der Waals surface area contributed by atoms with Crippen molar-refractivity contribution < 1.29 is 8.42 Å². The van der Waals surface area contributed by atoms with Crippen LogP contribution in [0.3, 0.4) is 0 Å². The van der Waals surface area contributed by atoms with Crippen LogP contribution >= 0.6 is 0 Å². The van der Waals surface area contributed by atoms with Crippen molar-refractivity contribution in [3.63, 3.8) is 0 Å². The average molecular weight is 223 g/mol. The van der Waals surface area contributed by atoms with Crippen molar-refractivity contribution in [1.82, 2.24) is 0 Å². The van der Waals surface area contributed by atoms with Gasteiger partial charge in [-0.3, -0.25) is 4.99 Å². The topological polar surface area (TPSA) is 46.5 Å². The Bertz CT molecular complexity index is 530. The molecule has 4 heteroatoms. The lowest BCUT2D eigenvalue weighted by atomic mass is 9.98. The van der Waals surface area contributed by atoms with E-state index in [0.717, 1.165) is 23.3 Å². The number of hydrogen-bond acceptors (Lipinski definition) is 3. The number of aliphatic imine (C=N–C) groups is 1. The largest absolute Gasteiger partial charge is 0.289 e. The first-order valence-electron chi connectivity index (χ1n) is 4.83. The Labute approximate surface area is 89.8 Å². The molecule has 0 saturated heterocycles. The Morgan fingerprint density at radius 3 is 2.73 bits per heavy atom. The Balaban J connectivity index is 2.72. The Morgan fingerprint density at radius 2 is 2.07 bits per heavy atom. The molecule has 3 nitrogen and oxygen atoms in total. The molecule has 80 valence electrons. The van der Waals surface area contributed by atoms with E-state index in [4.69, 9.17) is 0 Å². The normalized spacial score (nSPS) is 15.7. The Hall–Kier alpha value is -1.16. The molecular formula is C11H13NO2S. The second-order valence-corrected chi connectivity index (χ2v) is 5.76. The molecule has 0 atom stereocenters. The van der Waals surface area contributed by atoms with Crippen LogP contribution in [-0.4, -0.2) is 26.9 Å². The van der Waals surface area contributed by atoms with Crippen LogP contribution in [0.2, 0.25) is 0 Å². The van der Waals surface area contributed by atoms with Crippen molar-refractivity contribution in [1.29, 1.82) is 0 Å². The zero-order valence-corrected chi connectivity index (χ0v) is 9.63. The van der Waals surface area contributed by atoms with Crippen LogP contribution in [0.5, 0.6) is 0 Å². The standard InChI is InChI=1S/C11H13NO2S/c1-8-9-4-3-5-11(15(2,13)14)10(9)6-7-12-8/h3-5H,6-7H2,1-2H3. The van der Waals surface area contributed by atoms with Gasteiger partial charge in [0.25, 0.3) is 0 Å². The summed E-state index contributed by atoms with van der Waals surface area (Å²) in [4.78, 5) is 4.77. The van der Waals surface area contributed by atoms with Crippen molar-refractivity contribution in [2.75, 3.05) is 12.8 Å². The van der Waals surface area contributed by atoms with Gasteiger partial charge < -0.3 is 0 Å². The molecule has 0 N–H and O–H groups in total. The van der Waals surface area contributed by atoms with Crippen LogP contribution < -0.4 is 0 Å². The van der Waals surface area contributed by atoms with Crippen molar-refractivity contribution in [2.24, 2.45) is 4.99 Å². The van der Waals surface area contributed by atoms with Crippen molar-refractivity contribution in [2.45, 2.75) is 18.2 Å². The number of sulfone groups is 1. The van der Waals surface area contributed by atoms with Gasteiger partial charge in [0.1, 0.15) is 0 Å². The van der Waals surface area contributed by atoms with Gasteiger partial charge in [0.15, 0.2) is 9.84 Å². The molecule has 1 heterocycles. The number of fused-ring (bicyclic) bond motifs is 1. The van der Waals surface area contributed by atoms with Crippen LogP contribution in [0, 0.1) is 0 Å². The Kier molecular flexibility index (Phi) is 2.38. The van der Waals surface area contributed by atoms with E-state index >= 15 is 0 Å². The van der Waals surface area contributed by atoms with E-state index in [1.54, 1.807) is 12.1 Å². The third kappa shape index (κ3) is 1.81. The molecule has 0 amide bonds. The third-order valence-electron chi connectivity index (χ3n) is 2.63. The lowest BCUT2D eigenvalue weighted by molar-refractivity contribution is 0.600. The van der Waals surface area contributed by atoms with Gasteiger partial charge in [-0.15, -0.1) is 0 Å². The zero-order chi connectivity index (χ0) is 11.1. The predicted molar refractivity (Wildman–Crippen MR) is 60.3 cm³/mol. The van der Waals surface area contributed by atoms with E-state index in [-0.39, 0.29) is 0 Å². The first kappa shape index (κ1) is 10.4. The molecule has 0 spiro atoms. The molecule has 2 rings (SSSR count). The fourth-order valence-corrected chi connectivity index (χ4v) is 2.92. The molecule has 0 bridgehead atoms. The number of nitrogens with zero attached hydrogens (tertiary/aromatic N) is 1. The molecule has 0 fully saturated rings. The van der Waals surface area contributed by atoms with Crippen LogP contribution in [0.25, 0.3) is 0 Å². The van der Waals surface area contributed by atoms with Crippen LogP contribution in [-0.2, 0) is 16.3 Å². The summed E-state index contributed by atoms with van der Waals surface area (Å²) >= 11 is 0. The second kappa shape index (κ2) is 3.45. The van der Waals surface area contributed by atoms with Gasteiger partial charge in [-0.2, -0.15) is 0 Å². The Morgan fingerprint density at radius 1 is 1.33 bits per heavy atom. The van der Waals surface area contributed by atoms with Gasteiger partial charge in [-0.25, -0.2) is 8.42 Å². The maximum Gasteiger partial charge on any atom is 0.175 e. The van der Waals surface area contributed by atoms with Crippen molar-refractivity contribution in [3.8, 4) is 0 Å². The summed E-state index contributed by atoms with van der Waals surface area (Å²) in [6.45, 7) is 2.61. The van der Waals surface area contributed by atoms with Gasteiger partial charge in [-0.05, 0) is 30.5 Å². The van der Waals surface area contributed by atoms with Crippen LogP contribution in [0.1, 0.15) is 18.1 Å². The predicted octanol–water partition coefficient (Wildman–Crippen LogP) is 1.46. The van der Waals surface area contributed by atoms with E-state index in [2.05, 4.69) is 4.99 Å². The SMILES string of the molecule is CC1=NCCc2c1cccc2S(C)(=O)=O. The highest BCUT2D eigenvalue weighted by Crippen LogP contribution is 2.23. The average Bonchev–Trinajstić information content (AvgIpc) is 2.16. The van der Waals surface area contributed by atoms with Gasteiger partial charge >= 0.3 is 0 Å². The molecule has 1 aromatic carbocycles. The van der Waals surface area contributed by atoms with Gasteiger partial charge in [-0.1, -0.05) is 12.1 Å². The van der Waals surface area contributed by atoms with Crippen LogP contribution in [0.4, 0.5) is 0 Å². The number of hydrogen-bond donors (Lipinski definition) is 0. The summed E-state index contributed by atoms with van der Waals surface area (Å²) in [7, 11) is -3.12. The summed E-state index contributed by atoms with van der Waals surface area (Å²) in [5, 5.41) is 0. The minimum Gasteiger partial charge on any atom is -0.289 e. The van der Waals surface area contributed by atoms with E-state index in [0.29, 0.717) is 11.4 Å². The maximum atomic E-state index is 11.6. The number of rotatable bonds is 1. The van der Waals surface area contributed by atoms with E-state index in [1.165, 1.54) is 6.26 Å². The minimum absolute atomic E-state index is 0.453. The maximum absolute atomic E-state index is 11.6. The summed E-state index contributed by atoms with van der Waals surface area (Å²) in [6.07, 6.45) is 1.97. The summed E-state index contributed by atoms with van der Waals surface area (Å²) in [5.41, 5.74) is 2.83. The van der Waals surface area contributed by atoms with Gasteiger partial charge in [0.2, 0.25) is 0 Å². The first-order chi connectivity index (χ1) is 7.00. The van der Waals surface area contributed by atoms with Crippen molar-refractivity contribution >= 4 is 15.5 Å². The zero-order valence-electron chi connectivity index (χ0n) is 8.82. The minimum atomic E-state index is -3.12.